The van der Waals surface area contributed by atoms with Crippen LogP contribution in [0.15, 0.2) is 12.1 Å². The molecule has 0 radical (unpaired) electrons. The molecule has 0 atom stereocenters. The van der Waals surface area contributed by atoms with Crippen molar-refractivity contribution < 1.29 is 0 Å². The third-order valence-corrected chi connectivity index (χ3v) is 7.04. The third kappa shape index (κ3) is 3.35. The van der Waals surface area contributed by atoms with E-state index in [9.17, 15) is 0 Å². The van der Waals surface area contributed by atoms with E-state index in [-0.39, 0.29) is 7.92 Å². The lowest BCUT2D eigenvalue weighted by Gasteiger charge is -2.43. The van der Waals surface area contributed by atoms with Crippen LogP contribution in [-0.2, 0) is 0 Å². The van der Waals surface area contributed by atoms with E-state index in [1.54, 1.807) is 5.30 Å². The molecule has 1 aromatic rings. The van der Waals surface area contributed by atoms with Crippen LogP contribution in [0.2, 0.25) is 0 Å². The van der Waals surface area contributed by atoms with Crippen LogP contribution in [0.1, 0.15) is 58.2 Å². The van der Waals surface area contributed by atoms with Crippen molar-refractivity contribution in [3.05, 3.63) is 28.8 Å². The van der Waals surface area contributed by atoms with E-state index >= 15 is 0 Å². The lowest BCUT2D eigenvalue weighted by atomic mass is 10.1. The monoisotopic (exact) mass is 264 g/mol. The van der Waals surface area contributed by atoms with Gasteiger partial charge >= 0.3 is 0 Å². The molecule has 0 amide bonds. The number of hydrogen-bond donors (Lipinski definition) is 0. The van der Waals surface area contributed by atoms with Gasteiger partial charge in [-0.1, -0.05) is 67.2 Å². The summed E-state index contributed by atoms with van der Waals surface area (Å²) in [6.07, 6.45) is 0. The van der Waals surface area contributed by atoms with Gasteiger partial charge in [0.25, 0.3) is 0 Å². The lowest BCUT2D eigenvalue weighted by molar-refractivity contribution is 0.714. The molecule has 0 heterocycles. The molecule has 0 N–H and O–H groups in total. The standard InChI is InChI=1S/C17H29P/c1-12-10-13(2)15(14(3)11-12)18(16(4,5)6)17(7,8)9/h10-11H,1-9H3. The summed E-state index contributed by atoms with van der Waals surface area (Å²) >= 11 is 0. The summed E-state index contributed by atoms with van der Waals surface area (Å²) in [6, 6.07) is 4.68. The van der Waals surface area contributed by atoms with Crippen molar-refractivity contribution in [1.82, 2.24) is 0 Å². The van der Waals surface area contributed by atoms with Crippen LogP contribution in [0.3, 0.4) is 0 Å². The molecule has 0 nitrogen and oxygen atoms in total. The summed E-state index contributed by atoms with van der Waals surface area (Å²) in [4.78, 5) is 0. The van der Waals surface area contributed by atoms with Gasteiger partial charge in [0.05, 0.1) is 0 Å². The highest BCUT2D eigenvalue weighted by Crippen LogP contribution is 2.59. The Morgan fingerprint density at radius 1 is 0.722 bits per heavy atom. The Balaban J connectivity index is 3.50. The van der Waals surface area contributed by atoms with Gasteiger partial charge in [-0.15, -0.1) is 0 Å². The average Bonchev–Trinajstić information content (AvgIpc) is 2.06. The molecule has 0 spiro atoms. The SMILES string of the molecule is Cc1cc(C)c(P(C(C)(C)C)C(C)(C)C)c(C)c1. The fourth-order valence-electron chi connectivity index (χ4n) is 3.20. The molecule has 0 bridgehead atoms. The largest absolute Gasteiger partial charge is 0.0637 e. The molecule has 18 heavy (non-hydrogen) atoms. The molecule has 102 valence electrons. The van der Waals surface area contributed by atoms with Crippen LogP contribution < -0.4 is 5.30 Å². The quantitative estimate of drug-likeness (QED) is 0.602. The second kappa shape index (κ2) is 4.97. The molecule has 1 rings (SSSR count). The van der Waals surface area contributed by atoms with E-state index < -0.39 is 0 Å². The zero-order valence-electron chi connectivity index (χ0n) is 13.6. The number of benzene rings is 1. The van der Waals surface area contributed by atoms with Crippen molar-refractivity contribution in [1.29, 1.82) is 0 Å². The van der Waals surface area contributed by atoms with E-state index in [1.807, 2.05) is 0 Å². The number of aryl methyl sites for hydroxylation is 3. The number of rotatable bonds is 1. The zero-order valence-corrected chi connectivity index (χ0v) is 14.5. The van der Waals surface area contributed by atoms with Crippen LogP contribution in [0.4, 0.5) is 0 Å². The van der Waals surface area contributed by atoms with Crippen LogP contribution in [-0.4, -0.2) is 10.3 Å². The molecule has 0 saturated carbocycles. The minimum Gasteiger partial charge on any atom is -0.0637 e. The van der Waals surface area contributed by atoms with Gasteiger partial charge in [0.15, 0.2) is 0 Å². The van der Waals surface area contributed by atoms with Crippen LogP contribution in [0.25, 0.3) is 0 Å². The summed E-state index contributed by atoms with van der Waals surface area (Å²) in [6.45, 7) is 21.1. The zero-order chi connectivity index (χ0) is 14.3. The maximum Gasteiger partial charge on any atom is -0.0134 e. The third-order valence-electron chi connectivity index (χ3n) is 3.20. The highest BCUT2D eigenvalue weighted by molar-refractivity contribution is 7.68. The molecule has 0 aromatic heterocycles. The average molecular weight is 264 g/mol. The van der Waals surface area contributed by atoms with Gasteiger partial charge in [-0.05, 0) is 47.5 Å². The second-order valence-corrected chi connectivity index (χ2v) is 11.2. The van der Waals surface area contributed by atoms with Crippen LogP contribution in [0.5, 0.6) is 0 Å². The summed E-state index contributed by atoms with van der Waals surface area (Å²) in [5.41, 5.74) is 4.33. The fraction of sp³-hybridized carbons (Fsp3) is 0.647. The van der Waals surface area contributed by atoms with Crippen molar-refractivity contribution in [3.63, 3.8) is 0 Å². The van der Waals surface area contributed by atoms with Gasteiger partial charge in [0.2, 0.25) is 0 Å². The molecule has 0 aliphatic carbocycles. The van der Waals surface area contributed by atoms with Gasteiger partial charge in [-0.25, -0.2) is 0 Å². The molecular weight excluding hydrogens is 235 g/mol. The highest BCUT2D eigenvalue weighted by Gasteiger charge is 2.37. The molecule has 0 saturated heterocycles. The van der Waals surface area contributed by atoms with E-state index in [0.29, 0.717) is 10.3 Å². The molecule has 1 heteroatoms. The van der Waals surface area contributed by atoms with Gasteiger partial charge in [-0.2, -0.15) is 0 Å². The predicted octanol–water partition coefficient (Wildman–Crippen LogP) is 5.32. The van der Waals surface area contributed by atoms with E-state index in [4.69, 9.17) is 0 Å². The van der Waals surface area contributed by atoms with Gasteiger partial charge < -0.3 is 0 Å². The van der Waals surface area contributed by atoms with Crippen LogP contribution in [0, 0.1) is 20.8 Å². The minimum absolute atomic E-state index is 0.192. The predicted molar refractivity (Wildman–Crippen MR) is 86.7 cm³/mol. The summed E-state index contributed by atoms with van der Waals surface area (Å²) in [5.74, 6) is 0. The first kappa shape index (κ1) is 15.7. The summed E-state index contributed by atoms with van der Waals surface area (Å²) in [5, 5.41) is 2.31. The molecule has 0 aliphatic rings. The second-order valence-electron chi connectivity index (χ2n) is 7.42. The first-order chi connectivity index (χ1) is 7.94. The Hall–Kier alpha value is -0.350. The van der Waals surface area contributed by atoms with Crippen molar-refractivity contribution in [2.75, 3.05) is 0 Å². The van der Waals surface area contributed by atoms with Crippen molar-refractivity contribution in [2.45, 2.75) is 72.6 Å². The smallest absolute Gasteiger partial charge is 0.0134 e. The molecule has 1 aromatic carbocycles. The first-order valence-electron chi connectivity index (χ1n) is 6.83. The Kier molecular flexibility index (Phi) is 4.34. The van der Waals surface area contributed by atoms with Gasteiger partial charge in [0, 0.05) is 0 Å². The first-order valence-corrected chi connectivity index (χ1v) is 8.17. The van der Waals surface area contributed by atoms with E-state index in [0.717, 1.165) is 0 Å². The Morgan fingerprint density at radius 2 is 1.06 bits per heavy atom. The number of hydrogen-bond acceptors (Lipinski definition) is 0. The molecule has 0 fully saturated rings. The molecule has 0 aliphatic heterocycles. The molecular formula is C17H29P. The lowest BCUT2D eigenvalue weighted by Crippen LogP contribution is -2.33. The summed E-state index contributed by atoms with van der Waals surface area (Å²) < 4.78 is 0. The summed E-state index contributed by atoms with van der Waals surface area (Å²) in [7, 11) is -0.192. The fourth-order valence-corrected chi connectivity index (χ4v) is 7.39. The topological polar surface area (TPSA) is 0 Å². The highest BCUT2D eigenvalue weighted by atomic mass is 31.1. The normalized spacial score (nSPS) is 13.2. The van der Waals surface area contributed by atoms with E-state index in [2.05, 4.69) is 74.4 Å². The van der Waals surface area contributed by atoms with Gasteiger partial charge in [0.1, 0.15) is 0 Å². The Bertz CT molecular complexity index is 393. The Morgan fingerprint density at radius 3 is 1.33 bits per heavy atom. The maximum absolute atomic E-state index is 2.39. The maximum atomic E-state index is 2.39. The minimum atomic E-state index is -0.192. The van der Waals surface area contributed by atoms with Crippen molar-refractivity contribution in [2.24, 2.45) is 0 Å². The molecule has 0 unspecified atom stereocenters. The van der Waals surface area contributed by atoms with Gasteiger partial charge in [-0.3, -0.25) is 0 Å². The van der Waals surface area contributed by atoms with E-state index in [1.165, 1.54) is 16.7 Å². The Labute approximate surface area is 115 Å². The van der Waals surface area contributed by atoms with Crippen LogP contribution >= 0.6 is 7.92 Å². The van der Waals surface area contributed by atoms with Crippen molar-refractivity contribution in [3.8, 4) is 0 Å². The van der Waals surface area contributed by atoms with Crippen molar-refractivity contribution >= 4 is 13.2 Å².